The predicted molar refractivity (Wildman–Crippen MR) is 222 cm³/mol. The molecule has 0 aliphatic heterocycles. The van der Waals surface area contributed by atoms with Gasteiger partial charge in [0.1, 0.15) is 11.0 Å². The van der Waals surface area contributed by atoms with Crippen molar-refractivity contribution in [3.8, 4) is 50.8 Å². The van der Waals surface area contributed by atoms with Gasteiger partial charge in [0.25, 0.3) is 0 Å². The van der Waals surface area contributed by atoms with Gasteiger partial charge in [-0.15, -0.1) is 0 Å². The molecule has 0 atom stereocenters. The summed E-state index contributed by atoms with van der Waals surface area (Å²) in [4.78, 5) is 15.7. The molecular weight excluding hydrogens is 681 g/mol. The largest absolute Gasteiger partial charge is 0.309 e. The molecule has 0 unspecified atom stereocenters. The van der Waals surface area contributed by atoms with E-state index in [2.05, 4.69) is 144 Å². The van der Waals surface area contributed by atoms with Gasteiger partial charge in [-0.05, 0) is 42.5 Å². The van der Waals surface area contributed by atoms with Crippen molar-refractivity contribution in [3.63, 3.8) is 0 Å². The average Bonchev–Trinajstić information content (AvgIpc) is 3.87. The lowest BCUT2D eigenvalue weighted by atomic mass is 9.95. The number of nitrogens with zero attached hydrogens (tertiary/aromatic N) is 6. The van der Waals surface area contributed by atoms with Gasteiger partial charge >= 0.3 is 0 Å². The molecule has 11 aromatic rings. The zero-order valence-corrected chi connectivity index (χ0v) is 29.6. The highest BCUT2D eigenvalue weighted by atomic mass is 32.1. The molecule has 0 saturated heterocycles. The average molecular weight is 709 g/mol. The van der Waals surface area contributed by atoms with Crippen molar-refractivity contribution in [2.75, 3.05) is 0 Å². The first kappa shape index (κ1) is 30.5. The van der Waals surface area contributed by atoms with Gasteiger partial charge in [0.05, 0.1) is 45.4 Å². The van der Waals surface area contributed by atoms with E-state index in [4.69, 9.17) is 23.7 Å². The smallest absolute Gasteiger partial charge is 0.160 e. The molecule has 7 heteroatoms. The van der Waals surface area contributed by atoms with Crippen LogP contribution in [0, 0.1) is 0 Å². The van der Waals surface area contributed by atoms with Crippen LogP contribution in [-0.2, 0) is 0 Å². The highest BCUT2D eigenvalue weighted by molar-refractivity contribution is 7.00. The summed E-state index contributed by atoms with van der Waals surface area (Å²) in [6.07, 6.45) is 0. The standard InChI is InChI=1S/C47H28N6S/c1-3-14-29(15-4-1)44-37-27-36(45-46(52-54-51-45)43(37)35-22-7-10-23-38(35)48-44)40-28-39(49-47(50-40)30-16-5-2-6-17-30)31-18-13-19-32(26-31)53-41-24-11-8-20-33(41)34-21-9-12-25-42(34)53/h1-28H. The molecule has 7 aromatic carbocycles. The molecule has 0 fully saturated rings. The first-order valence-corrected chi connectivity index (χ1v) is 18.6. The molecule has 4 aromatic heterocycles. The predicted octanol–water partition coefficient (Wildman–Crippen LogP) is 11.9. The van der Waals surface area contributed by atoms with Gasteiger partial charge in [0.2, 0.25) is 0 Å². The fourth-order valence-corrected chi connectivity index (χ4v) is 8.40. The fraction of sp³-hybridized carbons (Fsp3) is 0. The highest BCUT2D eigenvalue weighted by Crippen LogP contribution is 2.42. The summed E-state index contributed by atoms with van der Waals surface area (Å²) in [6, 6.07) is 58.9. The second-order valence-electron chi connectivity index (χ2n) is 13.4. The highest BCUT2D eigenvalue weighted by Gasteiger charge is 2.21. The zero-order valence-electron chi connectivity index (χ0n) is 28.8. The van der Waals surface area contributed by atoms with E-state index in [0.29, 0.717) is 5.82 Å². The third kappa shape index (κ3) is 4.83. The van der Waals surface area contributed by atoms with Gasteiger partial charge in [-0.2, -0.15) is 8.75 Å². The maximum atomic E-state index is 5.25. The van der Waals surface area contributed by atoms with Crippen LogP contribution in [0.25, 0.3) is 105 Å². The number of pyridine rings is 1. The number of para-hydroxylation sites is 3. The van der Waals surface area contributed by atoms with Gasteiger partial charge < -0.3 is 4.57 Å². The molecule has 0 bridgehead atoms. The summed E-state index contributed by atoms with van der Waals surface area (Å²) in [5.74, 6) is 0.640. The number of hydrogen-bond acceptors (Lipinski definition) is 6. The van der Waals surface area contributed by atoms with E-state index in [-0.39, 0.29) is 0 Å². The summed E-state index contributed by atoms with van der Waals surface area (Å²) in [5.41, 5.74) is 12.3. The van der Waals surface area contributed by atoms with Crippen LogP contribution in [0.4, 0.5) is 0 Å². The third-order valence-corrected chi connectivity index (χ3v) is 10.8. The van der Waals surface area contributed by atoms with Gasteiger partial charge in [0, 0.05) is 54.9 Å². The number of hydrogen-bond donors (Lipinski definition) is 0. The number of aromatic nitrogens is 6. The Kier molecular flexibility index (Phi) is 6.93. The fourth-order valence-electron chi connectivity index (χ4n) is 7.83. The van der Waals surface area contributed by atoms with Crippen LogP contribution in [-0.4, -0.2) is 28.3 Å². The Labute approximate surface area is 314 Å². The second kappa shape index (κ2) is 12.3. The molecule has 11 rings (SSSR count). The summed E-state index contributed by atoms with van der Waals surface area (Å²) in [5, 5.41) is 5.55. The summed E-state index contributed by atoms with van der Waals surface area (Å²) < 4.78 is 12.2. The molecule has 4 heterocycles. The monoisotopic (exact) mass is 708 g/mol. The van der Waals surface area contributed by atoms with Crippen LogP contribution in [0.2, 0.25) is 0 Å². The lowest BCUT2D eigenvalue weighted by molar-refractivity contribution is 1.16. The lowest BCUT2D eigenvalue weighted by Gasteiger charge is -2.14. The van der Waals surface area contributed by atoms with E-state index < -0.39 is 0 Å². The molecule has 0 aliphatic carbocycles. The maximum absolute atomic E-state index is 5.25. The Hall–Kier alpha value is -7.09. The van der Waals surface area contributed by atoms with E-state index >= 15 is 0 Å². The Balaban J connectivity index is 1.17. The molecule has 54 heavy (non-hydrogen) atoms. The third-order valence-electron chi connectivity index (χ3n) is 10.3. The molecule has 0 aliphatic rings. The van der Waals surface area contributed by atoms with Crippen molar-refractivity contribution in [1.82, 2.24) is 28.3 Å². The van der Waals surface area contributed by atoms with Crippen molar-refractivity contribution in [2.45, 2.75) is 0 Å². The zero-order chi connectivity index (χ0) is 35.6. The summed E-state index contributed by atoms with van der Waals surface area (Å²) in [7, 11) is 0. The Morgan fingerprint density at radius 2 is 1.04 bits per heavy atom. The molecule has 0 saturated carbocycles. The number of fused-ring (bicyclic) bond motifs is 8. The van der Waals surface area contributed by atoms with Crippen LogP contribution in [0.5, 0.6) is 0 Å². The molecule has 0 radical (unpaired) electrons. The minimum atomic E-state index is 0.640. The normalized spacial score (nSPS) is 11.7. The van der Waals surface area contributed by atoms with Gasteiger partial charge in [-0.1, -0.05) is 127 Å². The van der Waals surface area contributed by atoms with E-state index in [1.54, 1.807) is 0 Å². The molecule has 0 spiro atoms. The first-order chi connectivity index (χ1) is 26.8. The van der Waals surface area contributed by atoms with Gasteiger partial charge in [-0.25, -0.2) is 15.0 Å². The first-order valence-electron chi connectivity index (χ1n) is 17.9. The Morgan fingerprint density at radius 3 is 1.80 bits per heavy atom. The summed E-state index contributed by atoms with van der Waals surface area (Å²) >= 11 is 1.22. The van der Waals surface area contributed by atoms with Crippen LogP contribution >= 0.6 is 11.7 Å². The number of rotatable bonds is 5. The molecule has 0 amide bonds. The molecular formula is C47H28N6S. The van der Waals surface area contributed by atoms with E-state index in [1.807, 2.05) is 30.3 Å². The molecule has 6 nitrogen and oxygen atoms in total. The van der Waals surface area contributed by atoms with Crippen LogP contribution in [0.15, 0.2) is 170 Å². The summed E-state index contributed by atoms with van der Waals surface area (Å²) in [6.45, 7) is 0. The minimum Gasteiger partial charge on any atom is -0.309 e. The van der Waals surface area contributed by atoms with E-state index in [1.165, 1.54) is 22.5 Å². The van der Waals surface area contributed by atoms with Gasteiger partial charge in [-0.3, -0.25) is 0 Å². The van der Waals surface area contributed by atoms with Crippen molar-refractivity contribution in [1.29, 1.82) is 0 Å². The second-order valence-corrected chi connectivity index (χ2v) is 13.9. The number of benzene rings is 7. The lowest BCUT2D eigenvalue weighted by Crippen LogP contribution is -1.99. The van der Waals surface area contributed by atoms with Crippen molar-refractivity contribution >= 4 is 66.2 Å². The van der Waals surface area contributed by atoms with Crippen molar-refractivity contribution < 1.29 is 0 Å². The minimum absolute atomic E-state index is 0.640. The molecule has 0 N–H and O–H groups in total. The van der Waals surface area contributed by atoms with Crippen molar-refractivity contribution in [2.24, 2.45) is 0 Å². The quantitative estimate of drug-likeness (QED) is 0.166. The SMILES string of the molecule is c1ccc(-c2nc(-c3cccc(-n4c5ccccc5c5ccccc54)c3)cc(-c3cc4c(-c5ccccc5)nc5ccccc5c4c4nsnc34)n2)cc1. The van der Waals surface area contributed by atoms with E-state index in [9.17, 15) is 0 Å². The van der Waals surface area contributed by atoms with Crippen LogP contribution in [0.1, 0.15) is 0 Å². The Morgan fingerprint density at radius 1 is 0.426 bits per heavy atom. The van der Waals surface area contributed by atoms with Gasteiger partial charge in [0.15, 0.2) is 5.82 Å². The van der Waals surface area contributed by atoms with Crippen LogP contribution in [0.3, 0.4) is 0 Å². The van der Waals surface area contributed by atoms with Crippen molar-refractivity contribution in [3.05, 3.63) is 170 Å². The van der Waals surface area contributed by atoms with E-state index in [0.717, 1.165) is 88.8 Å². The Bertz CT molecular complexity index is 3170. The van der Waals surface area contributed by atoms with Crippen LogP contribution < -0.4 is 0 Å². The maximum Gasteiger partial charge on any atom is 0.160 e. The molecule has 252 valence electrons. The topological polar surface area (TPSA) is 69.4 Å².